The standard InChI is InChI=1S/C20H24ClN3O3S/c1-23(2)28(26,27)15-10-11-17(21)16(14-15)20(25)22-18-8-4-5-9-19(18)24-12-6-3-7-13-24/h4-5,8-11,14H,3,6-7,12-13H2,1-2H3,(H,22,25). The number of nitrogens with one attached hydrogen (secondary N) is 1. The van der Waals surface area contributed by atoms with E-state index in [9.17, 15) is 13.2 Å². The van der Waals surface area contributed by atoms with E-state index in [1.807, 2.05) is 24.3 Å². The minimum absolute atomic E-state index is 0.0244. The number of nitrogens with zero attached hydrogens (tertiary/aromatic N) is 2. The van der Waals surface area contributed by atoms with Crippen LogP contribution in [0.1, 0.15) is 29.6 Å². The van der Waals surface area contributed by atoms with E-state index < -0.39 is 15.9 Å². The minimum Gasteiger partial charge on any atom is -0.370 e. The smallest absolute Gasteiger partial charge is 0.257 e. The number of carbonyl (C=O) groups excluding carboxylic acids is 1. The predicted octanol–water partition coefficient (Wildman–Crippen LogP) is 3.83. The van der Waals surface area contributed by atoms with Crippen LogP contribution in [0.25, 0.3) is 0 Å². The van der Waals surface area contributed by atoms with Gasteiger partial charge in [0, 0.05) is 27.2 Å². The first-order chi connectivity index (χ1) is 13.3. The highest BCUT2D eigenvalue weighted by molar-refractivity contribution is 7.89. The summed E-state index contributed by atoms with van der Waals surface area (Å²) in [4.78, 5) is 15.2. The lowest BCUT2D eigenvalue weighted by Gasteiger charge is -2.30. The van der Waals surface area contributed by atoms with Gasteiger partial charge in [0.15, 0.2) is 0 Å². The van der Waals surface area contributed by atoms with Crippen molar-refractivity contribution in [2.24, 2.45) is 0 Å². The molecule has 2 aromatic carbocycles. The predicted molar refractivity (Wildman–Crippen MR) is 113 cm³/mol. The zero-order valence-electron chi connectivity index (χ0n) is 16.0. The summed E-state index contributed by atoms with van der Waals surface area (Å²) in [5, 5.41) is 3.10. The van der Waals surface area contributed by atoms with Gasteiger partial charge in [-0.1, -0.05) is 23.7 Å². The SMILES string of the molecule is CN(C)S(=O)(=O)c1ccc(Cl)c(C(=O)Nc2ccccc2N2CCCCC2)c1. The molecule has 28 heavy (non-hydrogen) atoms. The molecule has 0 atom stereocenters. The highest BCUT2D eigenvalue weighted by atomic mass is 35.5. The number of para-hydroxylation sites is 2. The number of hydrogen-bond donors (Lipinski definition) is 1. The van der Waals surface area contributed by atoms with E-state index in [4.69, 9.17) is 11.6 Å². The molecular weight excluding hydrogens is 398 g/mol. The van der Waals surface area contributed by atoms with E-state index in [0.717, 1.165) is 35.9 Å². The van der Waals surface area contributed by atoms with Crippen LogP contribution in [0, 0.1) is 0 Å². The van der Waals surface area contributed by atoms with Gasteiger partial charge in [-0.05, 0) is 49.6 Å². The minimum atomic E-state index is -3.66. The van der Waals surface area contributed by atoms with E-state index in [-0.39, 0.29) is 15.5 Å². The molecule has 0 aliphatic carbocycles. The fourth-order valence-electron chi connectivity index (χ4n) is 3.23. The molecule has 0 unspecified atom stereocenters. The lowest BCUT2D eigenvalue weighted by Crippen LogP contribution is -2.30. The number of hydrogen-bond acceptors (Lipinski definition) is 4. The van der Waals surface area contributed by atoms with E-state index in [1.54, 1.807) is 0 Å². The first-order valence-electron chi connectivity index (χ1n) is 9.18. The molecular formula is C20H24ClN3O3S. The summed E-state index contributed by atoms with van der Waals surface area (Å²) in [6.45, 7) is 1.90. The molecule has 8 heteroatoms. The number of rotatable bonds is 5. The molecule has 0 radical (unpaired) electrons. The van der Waals surface area contributed by atoms with Crippen molar-refractivity contribution in [2.75, 3.05) is 37.4 Å². The molecule has 1 aliphatic heterocycles. The number of piperidine rings is 1. The van der Waals surface area contributed by atoms with E-state index in [2.05, 4.69) is 10.2 Å². The second kappa shape index (κ2) is 8.51. The third kappa shape index (κ3) is 4.32. The second-order valence-electron chi connectivity index (χ2n) is 6.95. The van der Waals surface area contributed by atoms with Crippen molar-refractivity contribution < 1.29 is 13.2 Å². The lowest BCUT2D eigenvalue weighted by molar-refractivity contribution is 0.102. The molecule has 0 spiro atoms. The van der Waals surface area contributed by atoms with Crippen LogP contribution in [0.5, 0.6) is 0 Å². The Labute approximate surface area is 171 Å². The summed E-state index contributed by atoms with van der Waals surface area (Å²) in [6, 6.07) is 11.8. The first-order valence-corrected chi connectivity index (χ1v) is 11.0. The normalized spacial score (nSPS) is 14.9. The molecule has 1 aliphatic rings. The molecule has 0 saturated carbocycles. The summed E-state index contributed by atoms with van der Waals surface area (Å²) >= 11 is 6.20. The molecule has 150 valence electrons. The number of amides is 1. The number of carbonyl (C=O) groups is 1. The first kappa shape index (κ1) is 20.6. The van der Waals surface area contributed by atoms with Crippen molar-refractivity contribution in [1.29, 1.82) is 0 Å². The van der Waals surface area contributed by atoms with Crippen LogP contribution in [0.15, 0.2) is 47.4 Å². The molecule has 1 fully saturated rings. The van der Waals surface area contributed by atoms with Crippen molar-refractivity contribution in [1.82, 2.24) is 4.31 Å². The average molecular weight is 422 g/mol. The maximum atomic E-state index is 12.9. The van der Waals surface area contributed by atoms with Gasteiger partial charge in [-0.15, -0.1) is 0 Å². The van der Waals surface area contributed by atoms with E-state index >= 15 is 0 Å². The summed E-state index contributed by atoms with van der Waals surface area (Å²) in [7, 11) is -0.775. The van der Waals surface area contributed by atoms with Crippen molar-refractivity contribution in [3.05, 3.63) is 53.1 Å². The maximum Gasteiger partial charge on any atom is 0.257 e. The van der Waals surface area contributed by atoms with Crippen LogP contribution in [0.2, 0.25) is 5.02 Å². The molecule has 1 amide bonds. The van der Waals surface area contributed by atoms with Gasteiger partial charge in [0.25, 0.3) is 5.91 Å². The van der Waals surface area contributed by atoms with Crippen LogP contribution < -0.4 is 10.2 Å². The van der Waals surface area contributed by atoms with Gasteiger partial charge in [0.1, 0.15) is 0 Å². The third-order valence-corrected chi connectivity index (χ3v) is 6.95. The van der Waals surface area contributed by atoms with E-state index in [0.29, 0.717) is 5.69 Å². The topological polar surface area (TPSA) is 69.7 Å². The Morgan fingerprint density at radius 3 is 2.43 bits per heavy atom. The number of anilines is 2. The Morgan fingerprint density at radius 1 is 1.07 bits per heavy atom. The Hall–Kier alpha value is -2.09. The fraction of sp³-hybridized carbons (Fsp3) is 0.350. The largest absolute Gasteiger partial charge is 0.370 e. The zero-order valence-corrected chi connectivity index (χ0v) is 17.6. The average Bonchev–Trinajstić information content (AvgIpc) is 2.69. The van der Waals surface area contributed by atoms with Crippen molar-refractivity contribution in [3.8, 4) is 0 Å². The van der Waals surface area contributed by atoms with Crippen LogP contribution in [-0.4, -0.2) is 45.8 Å². The van der Waals surface area contributed by atoms with Crippen molar-refractivity contribution >= 4 is 38.9 Å². The van der Waals surface area contributed by atoms with Crippen LogP contribution in [0.3, 0.4) is 0 Å². The molecule has 6 nitrogen and oxygen atoms in total. The highest BCUT2D eigenvalue weighted by Gasteiger charge is 2.22. The van der Waals surface area contributed by atoms with Gasteiger partial charge in [0.05, 0.1) is 26.9 Å². The highest BCUT2D eigenvalue weighted by Crippen LogP contribution is 2.30. The van der Waals surface area contributed by atoms with Gasteiger partial charge in [-0.25, -0.2) is 12.7 Å². The van der Waals surface area contributed by atoms with Gasteiger partial charge < -0.3 is 10.2 Å². The van der Waals surface area contributed by atoms with Gasteiger partial charge in [-0.2, -0.15) is 0 Å². The monoisotopic (exact) mass is 421 g/mol. The van der Waals surface area contributed by atoms with Crippen LogP contribution in [0.4, 0.5) is 11.4 Å². The van der Waals surface area contributed by atoms with Crippen LogP contribution >= 0.6 is 11.6 Å². The zero-order chi connectivity index (χ0) is 20.3. The second-order valence-corrected chi connectivity index (χ2v) is 9.51. The molecule has 3 rings (SSSR count). The Bertz CT molecular complexity index is 970. The summed E-state index contributed by atoms with van der Waals surface area (Å²) < 4.78 is 25.9. The molecule has 1 saturated heterocycles. The van der Waals surface area contributed by atoms with Gasteiger partial charge in [0.2, 0.25) is 10.0 Å². The van der Waals surface area contributed by atoms with Gasteiger partial charge in [-0.3, -0.25) is 4.79 Å². The molecule has 0 bridgehead atoms. The Balaban J connectivity index is 1.90. The lowest BCUT2D eigenvalue weighted by atomic mass is 10.1. The fourth-order valence-corrected chi connectivity index (χ4v) is 4.36. The molecule has 1 N–H and O–H groups in total. The third-order valence-electron chi connectivity index (χ3n) is 4.81. The molecule has 0 aromatic heterocycles. The molecule has 1 heterocycles. The quantitative estimate of drug-likeness (QED) is 0.796. The summed E-state index contributed by atoms with van der Waals surface area (Å²) in [5.74, 6) is -0.440. The van der Waals surface area contributed by atoms with Gasteiger partial charge >= 0.3 is 0 Å². The summed E-state index contributed by atoms with van der Waals surface area (Å²) in [5.41, 5.74) is 1.77. The van der Waals surface area contributed by atoms with E-state index in [1.165, 1.54) is 38.7 Å². The maximum absolute atomic E-state index is 12.9. The van der Waals surface area contributed by atoms with Crippen molar-refractivity contribution in [2.45, 2.75) is 24.2 Å². The summed E-state index contributed by atoms with van der Waals surface area (Å²) in [6.07, 6.45) is 3.46. The number of benzene rings is 2. The Morgan fingerprint density at radius 2 is 1.75 bits per heavy atom. The van der Waals surface area contributed by atoms with Crippen molar-refractivity contribution in [3.63, 3.8) is 0 Å². The number of halogens is 1. The van der Waals surface area contributed by atoms with Crippen LogP contribution in [-0.2, 0) is 10.0 Å². The number of sulfonamides is 1. The molecule has 2 aromatic rings. The Kier molecular flexibility index (Phi) is 6.27.